The van der Waals surface area contributed by atoms with Crippen molar-refractivity contribution >= 4 is 38.8 Å². The van der Waals surface area contributed by atoms with Gasteiger partial charge in [0.2, 0.25) is 0 Å². The van der Waals surface area contributed by atoms with Gasteiger partial charge < -0.3 is 14.0 Å². The number of benzene rings is 2. The van der Waals surface area contributed by atoms with Crippen LogP contribution in [0.25, 0.3) is 16.6 Å². The molecule has 0 unspecified atom stereocenters. The maximum Gasteiger partial charge on any atom is 0.356 e. The van der Waals surface area contributed by atoms with Crippen LogP contribution in [0, 0.1) is 0 Å². The molecule has 0 saturated carbocycles. The van der Waals surface area contributed by atoms with Gasteiger partial charge in [-0.1, -0.05) is 41.9 Å². The highest BCUT2D eigenvalue weighted by molar-refractivity contribution is 9.10. The minimum absolute atomic E-state index is 0.177. The molecule has 3 rings (SSSR count). The fourth-order valence-electron chi connectivity index (χ4n) is 3.34. The maximum absolute atomic E-state index is 12.9. The molecule has 0 aliphatic heterocycles. The van der Waals surface area contributed by atoms with E-state index in [9.17, 15) is 9.59 Å². The largest absolute Gasteiger partial charge is 0.462 e. The van der Waals surface area contributed by atoms with Crippen LogP contribution in [-0.4, -0.2) is 29.7 Å². The Morgan fingerprint density at radius 1 is 0.966 bits per heavy atom. The van der Waals surface area contributed by atoms with Crippen molar-refractivity contribution in [1.82, 2.24) is 4.57 Å². The smallest absolute Gasteiger partial charge is 0.356 e. The Labute approximate surface area is 178 Å². The first-order valence-electron chi connectivity index (χ1n) is 9.67. The van der Waals surface area contributed by atoms with Gasteiger partial charge in [0.05, 0.1) is 18.7 Å². The highest BCUT2D eigenvalue weighted by atomic mass is 79.9. The predicted octanol–water partition coefficient (Wildman–Crippen LogP) is 5.87. The van der Waals surface area contributed by atoms with Gasteiger partial charge in [0.25, 0.3) is 0 Å². The molecule has 0 radical (unpaired) electrons. The average Bonchev–Trinajstić information content (AvgIpc) is 3.02. The average molecular weight is 458 g/mol. The van der Waals surface area contributed by atoms with E-state index < -0.39 is 11.9 Å². The number of esters is 2. The van der Waals surface area contributed by atoms with Gasteiger partial charge in [-0.15, -0.1) is 0 Å². The fourth-order valence-corrected chi connectivity index (χ4v) is 3.70. The summed E-state index contributed by atoms with van der Waals surface area (Å²) >= 11 is 3.46. The van der Waals surface area contributed by atoms with Crippen molar-refractivity contribution in [2.75, 3.05) is 13.2 Å². The van der Waals surface area contributed by atoms with Gasteiger partial charge in [-0.3, -0.25) is 0 Å². The second-order valence-electron chi connectivity index (χ2n) is 6.91. The zero-order valence-electron chi connectivity index (χ0n) is 17.0. The van der Waals surface area contributed by atoms with E-state index in [0.29, 0.717) is 11.3 Å². The number of hydrogen-bond acceptors (Lipinski definition) is 4. The number of hydrogen-bond donors (Lipinski definition) is 0. The first-order valence-corrected chi connectivity index (χ1v) is 10.5. The molecule has 3 aromatic rings. The van der Waals surface area contributed by atoms with E-state index in [1.54, 1.807) is 18.4 Å². The highest BCUT2D eigenvalue weighted by Crippen LogP contribution is 2.33. The Kier molecular flexibility index (Phi) is 6.42. The SMILES string of the molecule is CCOC(=O)c1c(C(=O)OCC)n(-c2ccc(C(C)C)cc2)c2ccc(Br)cc12. The van der Waals surface area contributed by atoms with Crippen LogP contribution < -0.4 is 0 Å². The Hall–Kier alpha value is -2.60. The molecule has 0 bridgehead atoms. The van der Waals surface area contributed by atoms with Crippen LogP contribution in [0.2, 0.25) is 0 Å². The topological polar surface area (TPSA) is 57.5 Å². The third-order valence-corrected chi connectivity index (χ3v) is 5.19. The third kappa shape index (κ3) is 4.08. The summed E-state index contributed by atoms with van der Waals surface area (Å²) in [6.07, 6.45) is 0. The van der Waals surface area contributed by atoms with Gasteiger partial charge in [0.15, 0.2) is 0 Å². The van der Waals surface area contributed by atoms with E-state index in [4.69, 9.17) is 9.47 Å². The van der Waals surface area contributed by atoms with E-state index >= 15 is 0 Å². The van der Waals surface area contributed by atoms with Crippen molar-refractivity contribution < 1.29 is 19.1 Å². The second kappa shape index (κ2) is 8.82. The molecule has 6 heteroatoms. The van der Waals surface area contributed by atoms with Gasteiger partial charge >= 0.3 is 11.9 Å². The first kappa shape index (κ1) is 21.1. The molecular weight excluding hydrogens is 434 g/mol. The van der Waals surface area contributed by atoms with E-state index in [2.05, 4.69) is 29.8 Å². The van der Waals surface area contributed by atoms with Crippen molar-refractivity contribution in [3.63, 3.8) is 0 Å². The summed E-state index contributed by atoms with van der Waals surface area (Å²) in [4.78, 5) is 25.8. The van der Waals surface area contributed by atoms with E-state index in [1.165, 1.54) is 5.56 Å². The summed E-state index contributed by atoms with van der Waals surface area (Å²) in [5, 5.41) is 0.633. The number of halogens is 1. The standard InChI is InChI=1S/C23H24BrNO4/c1-5-28-22(26)20-18-13-16(24)9-12-19(18)25(21(20)23(27)29-6-2)17-10-7-15(8-11-17)14(3)4/h7-14H,5-6H2,1-4H3. The lowest BCUT2D eigenvalue weighted by Crippen LogP contribution is -2.16. The van der Waals surface area contributed by atoms with Gasteiger partial charge in [0, 0.05) is 15.5 Å². The minimum atomic E-state index is -0.559. The predicted molar refractivity (Wildman–Crippen MR) is 117 cm³/mol. The van der Waals surface area contributed by atoms with Crippen molar-refractivity contribution in [2.24, 2.45) is 0 Å². The van der Waals surface area contributed by atoms with E-state index in [0.717, 1.165) is 15.7 Å². The number of nitrogens with zero attached hydrogens (tertiary/aromatic N) is 1. The summed E-state index contributed by atoms with van der Waals surface area (Å²) in [5.74, 6) is -0.715. The molecule has 0 fully saturated rings. The fraction of sp³-hybridized carbons (Fsp3) is 0.304. The molecule has 0 saturated heterocycles. The third-order valence-electron chi connectivity index (χ3n) is 4.70. The van der Waals surface area contributed by atoms with Crippen LogP contribution in [-0.2, 0) is 9.47 Å². The second-order valence-corrected chi connectivity index (χ2v) is 7.82. The molecule has 2 aromatic carbocycles. The number of carbonyl (C=O) groups is 2. The van der Waals surface area contributed by atoms with Crippen molar-refractivity contribution in [2.45, 2.75) is 33.6 Å². The van der Waals surface area contributed by atoms with Crippen molar-refractivity contribution in [3.05, 3.63) is 63.8 Å². The lowest BCUT2D eigenvalue weighted by atomic mass is 10.0. The molecule has 1 heterocycles. The van der Waals surface area contributed by atoms with Crippen molar-refractivity contribution in [3.8, 4) is 5.69 Å². The Morgan fingerprint density at radius 2 is 1.59 bits per heavy atom. The maximum atomic E-state index is 12.9. The van der Waals surface area contributed by atoms with E-state index in [-0.39, 0.29) is 24.5 Å². The molecule has 1 aromatic heterocycles. The molecule has 5 nitrogen and oxygen atoms in total. The van der Waals surface area contributed by atoms with Crippen molar-refractivity contribution in [1.29, 1.82) is 0 Å². The quantitative estimate of drug-likeness (QED) is 0.434. The Bertz CT molecular complexity index is 1050. The molecule has 0 aliphatic carbocycles. The van der Waals surface area contributed by atoms with Crippen LogP contribution in [0.3, 0.4) is 0 Å². The number of fused-ring (bicyclic) bond motifs is 1. The lowest BCUT2D eigenvalue weighted by Gasteiger charge is -2.13. The molecule has 29 heavy (non-hydrogen) atoms. The molecule has 0 atom stereocenters. The number of rotatable bonds is 6. The Morgan fingerprint density at radius 3 is 2.17 bits per heavy atom. The van der Waals surface area contributed by atoms with E-state index in [1.807, 2.05) is 42.5 Å². The number of aromatic nitrogens is 1. The number of ether oxygens (including phenoxy) is 2. The van der Waals surface area contributed by atoms with Gasteiger partial charge in [-0.25, -0.2) is 9.59 Å². The molecule has 0 spiro atoms. The van der Waals surface area contributed by atoms with Crippen LogP contribution >= 0.6 is 15.9 Å². The van der Waals surface area contributed by atoms with Crippen LogP contribution in [0.15, 0.2) is 46.9 Å². The van der Waals surface area contributed by atoms with Gasteiger partial charge in [-0.2, -0.15) is 0 Å². The lowest BCUT2D eigenvalue weighted by molar-refractivity contribution is 0.0474. The van der Waals surface area contributed by atoms with Crippen LogP contribution in [0.4, 0.5) is 0 Å². The molecule has 0 N–H and O–H groups in total. The zero-order valence-corrected chi connectivity index (χ0v) is 18.6. The molecule has 0 amide bonds. The first-order chi connectivity index (χ1) is 13.9. The monoisotopic (exact) mass is 457 g/mol. The normalized spacial score (nSPS) is 11.1. The van der Waals surface area contributed by atoms with Gasteiger partial charge in [0.1, 0.15) is 11.3 Å². The summed E-state index contributed by atoms with van der Waals surface area (Å²) in [7, 11) is 0. The Balaban J connectivity index is 2.36. The highest BCUT2D eigenvalue weighted by Gasteiger charge is 2.30. The number of carbonyl (C=O) groups excluding carboxylic acids is 2. The summed E-state index contributed by atoms with van der Waals surface area (Å²) < 4.78 is 13.1. The molecule has 152 valence electrons. The van der Waals surface area contributed by atoms with Crippen LogP contribution in [0.5, 0.6) is 0 Å². The van der Waals surface area contributed by atoms with Crippen LogP contribution in [0.1, 0.15) is 60.0 Å². The molecule has 0 aliphatic rings. The zero-order chi connectivity index (χ0) is 21.1. The summed E-state index contributed by atoms with van der Waals surface area (Å²) in [6.45, 7) is 8.15. The van der Waals surface area contributed by atoms with Gasteiger partial charge in [-0.05, 0) is 55.7 Å². The molecular formula is C23H24BrNO4. The minimum Gasteiger partial charge on any atom is -0.462 e. The summed E-state index contributed by atoms with van der Waals surface area (Å²) in [6, 6.07) is 13.5. The summed E-state index contributed by atoms with van der Waals surface area (Å²) in [5.41, 5.74) is 3.10.